The average Bonchev–Trinajstić information content (AvgIpc) is 3.26. The van der Waals surface area contributed by atoms with E-state index in [9.17, 15) is 19.7 Å². The number of nitro benzene ring substituents is 1. The number of hydrogen-bond acceptors (Lipinski definition) is 6. The highest BCUT2D eigenvalue weighted by Gasteiger charge is 2.36. The quantitative estimate of drug-likeness (QED) is 0.328. The summed E-state index contributed by atoms with van der Waals surface area (Å²) >= 11 is 7.06. The van der Waals surface area contributed by atoms with Gasteiger partial charge in [0.15, 0.2) is 0 Å². The van der Waals surface area contributed by atoms with Gasteiger partial charge in [-0.25, -0.2) is 4.79 Å². The zero-order chi connectivity index (χ0) is 19.7. The van der Waals surface area contributed by atoms with Crippen molar-refractivity contribution in [1.82, 2.24) is 4.90 Å². The van der Waals surface area contributed by atoms with E-state index in [1.54, 1.807) is 26.0 Å². The molecule has 0 saturated carbocycles. The van der Waals surface area contributed by atoms with E-state index in [4.69, 9.17) is 16.3 Å². The SMILES string of the molecule is Cc1cc([N+](=O)[O-])c(C)cc1OC(=O)C1CCCN1C(=O)c1ccc(Cl)s1. The van der Waals surface area contributed by atoms with Crippen molar-refractivity contribution in [3.8, 4) is 5.75 Å². The highest BCUT2D eigenvalue weighted by atomic mass is 35.5. The molecule has 2 aromatic rings. The van der Waals surface area contributed by atoms with Crippen LogP contribution >= 0.6 is 22.9 Å². The van der Waals surface area contributed by atoms with Crippen LogP contribution in [-0.4, -0.2) is 34.3 Å². The highest BCUT2D eigenvalue weighted by molar-refractivity contribution is 7.17. The standard InChI is InChI=1S/C18H17ClN2O5S/c1-10-9-14(11(2)8-13(10)21(24)25)26-18(23)12-4-3-7-20(12)17(22)15-5-6-16(19)27-15/h5-6,8-9,12H,3-4,7H2,1-2H3. The number of aryl methyl sites for hydroxylation is 2. The van der Waals surface area contributed by atoms with Gasteiger partial charge in [-0.05, 0) is 50.5 Å². The highest BCUT2D eigenvalue weighted by Crippen LogP contribution is 2.30. The minimum absolute atomic E-state index is 0.0282. The van der Waals surface area contributed by atoms with Crippen molar-refractivity contribution in [3.63, 3.8) is 0 Å². The Morgan fingerprint density at radius 3 is 2.67 bits per heavy atom. The van der Waals surface area contributed by atoms with Gasteiger partial charge in [0.05, 0.1) is 14.1 Å². The fourth-order valence-electron chi connectivity index (χ4n) is 3.08. The molecule has 1 unspecified atom stereocenters. The molecule has 1 aliphatic rings. The lowest BCUT2D eigenvalue weighted by Gasteiger charge is -2.23. The Bertz CT molecular complexity index is 926. The number of carbonyl (C=O) groups excluding carboxylic acids is 2. The van der Waals surface area contributed by atoms with E-state index in [1.165, 1.54) is 28.4 Å². The van der Waals surface area contributed by atoms with Gasteiger partial charge in [0.1, 0.15) is 11.8 Å². The lowest BCUT2D eigenvalue weighted by molar-refractivity contribution is -0.385. The van der Waals surface area contributed by atoms with Gasteiger partial charge in [-0.15, -0.1) is 11.3 Å². The number of benzene rings is 1. The number of hydrogen-bond donors (Lipinski definition) is 0. The molecule has 0 aliphatic carbocycles. The maximum Gasteiger partial charge on any atom is 0.334 e. The van der Waals surface area contributed by atoms with Crippen molar-refractivity contribution in [1.29, 1.82) is 0 Å². The molecule has 1 aromatic heterocycles. The number of halogens is 1. The molecule has 1 aromatic carbocycles. The van der Waals surface area contributed by atoms with Crippen LogP contribution in [0.1, 0.15) is 33.6 Å². The molecule has 7 nitrogen and oxygen atoms in total. The van der Waals surface area contributed by atoms with E-state index < -0.39 is 16.9 Å². The Hall–Kier alpha value is -2.45. The Morgan fingerprint density at radius 2 is 2.04 bits per heavy atom. The van der Waals surface area contributed by atoms with E-state index >= 15 is 0 Å². The zero-order valence-corrected chi connectivity index (χ0v) is 16.3. The molecule has 142 valence electrons. The van der Waals surface area contributed by atoms with Crippen LogP contribution in [0.5, 0.6) is 5.75 Å². The number of esters is 1. The normalized spacial score (nSPS) is 16.4. The number of rotatable bonds is 4. The molecule has 1 amide bonds. The van der Waals surface area contributed by atoms with Crippen molar-refractivity contribution >= 4 is 40.5 Å². The van der Waals surface area contributed by atoms with Gasteiger partial charge in [-0.3, -0.25) is 14.9 Å². The number of carbonyl (C=O) groups is 2. The van der Waals surface area contributed by atoms with Gasteiger partial charge in [0.25, 0.3) is 11.6 Å². The lowest BCUT2D eigenvalue weighted by atomic mass is 10.1. The minimum atomic E-state index is -0.687. The van der Waals surface area contributed by atoms with Crippen molar-refractivity contribution in [3.05, 3.63) is 54.7 Å². The molecule has 3 rings (SSSR count). The zero-order valence-electron chi connectivity index (χ0n) is 14.7. The number of nitrogens with zero attached hydrogens (tertiary/aromatic N) is 2. The molecule has 1 atom stereocenters. The van der Waals surface area contributed by atoms with Crippen LogP contribution in [0.15, 0.2) is 24.3 Å². The molecule has 2 heterocycles. The smallest absolute Gasteiger partial charge is 0.334 e. The third kappa shape index (κ3) is 3.96. The van der Waals surface area contributed by atoms with Crippen LogP contribution in [0.25, 0.3) is 0 Å². The lowest BCUT2D eigenvalue weighted by Crippen LogP contribution is -2.42. The maximum atomic E-state index is 12.7. The van der Waals surface area contributed by atoms with Crippen molar-refractivity contribution in [2.75, 3.05) is 6.54 Å². The first kappa shape index (κ1) is 19.3. The Morgan fingerprint density at radius 1 is 1.30 bits per heavy atom. The van der Waals surface area contributed by atoms with Crippen molar-refractivity contribution in [2.45, 2.75) is 32.7 Å². The average molecular weight is 409 g/mol. The van der Waals surface area contributed by atoms with Crippen molar-refractivity contribution in [2.24, 2.45) is 0 Å². The molecule has 1 saturated heterocycles. The molecule has 0 radical (unpaired) electrons. The summed E-state index contributed by atoms with van der Waals surface area (Å²) in [6, 6.07) is 5.45. The summed E-state index contributed by atoms with van der Waals surface area (Å²) in [6.07, 6.45) is 1.21. The summed E-state index contributed by atoms with van der Waals surface area (Å²) in [4.78, 5) is 37.9. The first-order chi connectivity index (χ1) is 12.8. The Balaban J connectivity index is 1.78. The van der Waals surface area contributed by atoms with Crippen LogP contribution in [0.3, 0.4) is 0 Å². The fraction of sp³-hybridized carbons (Fsp3) is 0.333. The molecule has 9 heteroatoms. The summed E-state index contributed by atoms with van der Waals surface area (Å²) in [5.41, 5.74) is 0.863. The largest absolute Gasteiger partial charge is 0.425 e. The second-order valence-electron chi connectivity index (χ2n) is 6.34. The number of amides is 1. The van der Waals surface area contributed by atoms with Crippen LogP contribution in [0, 0.1) is 24.0 Å². The molecule has 1 aliphatic heterocycles. The molecule has 0 N–H and O–H groups in total. The van der Waals surface area contributed by atoms with Gasteiger partial charge in [0.2, 0.25) is 0 Å². The third-order valence-corrected chi connectivity index (χ3v) is 5.69. The number of ether oxygens (including phenoxy) is 1. The van der Waals surface area contributed by atoms with Crippen LogP contribution in [0.2, 0.25) is 4.34 Å². The van der Waals surface area contributed by atoms with Gasteiger partial charge in [-0.1, -0.05) is 11.6 Å². The van der Waals surface area contributed by atoms with Gasteiger partial charge < -0.3 is 9.64 Å². The monoisotopic (exact) mass is 408 g/mol. The first-order valence-corrected chi connectivity index (χ1v) is 9.51. The van der Waals surface area contributed by atoms with E-state index in [2.05, 4.69) is 0 Å². The topological polar surface area (TPSA) is 89.8 Å². The summed E-state index contributed by atoms with van der Waals surface area (Å²) in [7, 11) is 0. The summed E-state index contributed by atoms with van der Waals surface area (Å²) in [5.74, 6) is -0.524. The van der Waals surface area contributed by atoms with Gasteiger partial charge in [0, 0.05) is 18.2 Å². The second kappa shape index (κ2) is 7.66. The second-order valence-corrected chi connectivity index (χ2v) is 8.06. The van der Waals surface area contributed by atoms with Crippen molar-refractivity contribution < 1.29 is 19.2 Å². The predicted octanol–water partition coefficient (Wildman–Crippen LogP) is 4.14. The summed E-state index contributed by atoms with van der Waals surface area (Å²) in [5, 5.41) is 11.0. The molecule has 0 spiro atoms. The number of likely N-dealkylation sites (tertiary alicyclic amines) is 1. The molecule has 1 fully saturated rings. The molecular weight excluding hydrogens is 392 g/mol. The van der Waals surface area contributed by atoms with Crippen LogP contribution in [-0.2, 0) is 4.79 Å². The van der Waals surface area contributed by atoms with E-state index in [-0.39, 0.29) is 17.3 Å². The first-order valence-electron chi connectivity index (χ1n) is 8.31. The summed E-state index contributed by atoms with van der Waals surface area (Å²) < 4.78 is 6.00. The van der Waals surface area contributed by atoms with Gasteiger partial charge in [-0.2, -0.15) is 0 Å². The van der Waals surface area contributed by atoms with E-state index in [0.717, 1.165) is 0 Å². The van der Waals surface area contributed by atoms with Gasteiger partial charge >= 0.3 is 5.97 Å². The predicted molar refractivity (Wildman–Crippen MR) is 102 cm³/mol. The van der Waals surface area contributed by atoms with Crippen LogP contribution in [0.4, 0.5) is 5.69 Å². The summed E-state index contributed by atoms with van der Waals surface area (Å²) in [6.45, 7) is 3.69. The minimum Gasteiger partial charge on any atom is -0.425 e. The van der Waals surface area contributed by atoms with E-state index in [0.29, 0.717) is 39.7 Å². The number of thiophene rings is 1. The molecule has 0 bridgehead atoms. The molecule has 27 heavy (non-hydrogen) atoms. The number of nitro groups is 1. The third-order valence-electron chi connectivity index (χ3n) is 4.47. The Labute approximate surface area is 164 Å². The molecular formula is C18H17ClN2O5S. The fourth-order valence-corrected chi connectivity index (χ4v) is 4.08. The maximum absolute atomic E-state index is 12.7. The van der Waals surface area contributed by atoms with E-state index in [1.807, 2.05) is 0 Å². The van der Waals surface area contributed by atoms with Crippen LogP contribution < -0.4 is 4.74 Å². The Kier molecular flexibility index (Phi) is 5.48.